The smallest absolute Gasteiger partial charge is 0.242 e. The first-order valence-electron chi connectivity index (χ1n) is 10.9. The Balaban J connectivity index is 1.49. The molecule has 0 radical (unpaired) electrons. The lowest BCUT2D eigenvalue weighted by Gasteiger charge is -2.26. The molecule has 32 heavy (non-hydrogen) atoms. The lowest BCUT2D eigenvalue weighted by molar-refractivity contribution is -0.141. The van der Waals surface area contributed by atoms with Crippen molar-refractivity contribution in [2.45, 2.75) is 25.7 Å². The number of methoxy groups -OCH3 is 1. The number of hydrogen-bond donors (Lipinski definition) is 0. The van der Waals surface area contributed by atoms with E-state index in [2.05, 4.69) is 4.98 Å². The van der Waals surface area contributed by atoms with Crippen LogP contribution in [0.5, 0.6) is 5.75 Å². The number of benzene rings is 1. The van der Waals surface area contributed by atoms with Crippen LogP contribution in [0.1, 0.15) is 17.7 Å². The minimum absolute atomic E-state index is 0.0366. The molecule has 2 amide bonds. The van der Waals surface area contributed by atoms with Gasteiger partial charge >= 0.3 is 0 Å². The third kappa shape index (κ3) is 5.63. The van der Waals surface area contributed by atoms with E-state index in [9.17, 15) is 9.59 Å². The third-order valence-corrected chi connectivity index (χ3v) is 5.82. The summed E-state index contributed by atoms with van der Waals surface area (Å²) >= 11 is 0. The van der Waals surface area contributed by atoms with Crippen LogP contribution in [0.15, 0.2) is 48.7 Å². The van der Waals surface area contributed by atoms with Gasteiger partial charge in [-0.2, -0.15) is 0 Å². The summed E-state index contributed by atoms with van der Waals surface area (Å²) in [5.74, 6) is 0.432. The lowest BCUT2D eigenvalue weighted by Crippen LogP contribution is -2.43. The molecule has 2 fully saturated rings. The summed E-state index contributed by atoms with van der Waals surface area (Å²) in [6.45, 7) is 2.54. The maximum atomic E-state index is 13.1. The van der Waals surface area contributed by atoms with Crippen molar-refractivity contribution >= 4 is 11.8 Å². The zero-order valence-corrected chi connectivity index (χ0v) is 18.3. The van der Waals surface area contributed by atoms with E-state index in [4.69, 9.17) is 14.2 Å². The van der Waals surface area contributed by atoms with E-state index in [1.807, 2.05) is 42.5 Å². The first-order chi connectivity index (χ1) is 15.6. The lowest BCUT2D eigenvalue weighted by atomic mass is 10.1. The number of pyridine rings is 1. The molecule has 0 spiro atoms. The summed E-state index contributed by atoms with van der Waals surface area (Å²) in [4.78, 5) is 33.8. The first kappa shape index (κ1) is 22.2. The van der Waals surface area contributed by atoms with E-state index in [1.54, 1.807) is 23.1 Å². The average molecular weight is 440 g/mol. The normalized spacial score (nSPS) is 21.5. The number of carbonyl (C=O) groups is 2. The highest BCUT2D eigenvalue weighted by atomic mass is 16.5. The number of nitrogens with zero attached hydrogens (tertiary/aromatic N) is 3. The first-order valence-corrected chi connectivity index (χ1v) is 10.9. The van der Waals surface area contributed by atoms with Crippen LogP contribution in [0.3, 0.4) is 0 Å². The molecule has 0 saturated carbocycles. The summed E-state index contributed by atoms with van der Waals surface area (Å²) in [5.41, 5.74) is 1.77. The molecule has 170 valence electrons. The Morgan fingerprint density at radius 1 is 1.22 bits per heavy atom. The van der Waals surface area contributed by atoms with Gasteiger partial charge in [0.25, 0.3) is 0 Å². The third-order valence-electron chi connectivity index (χ3n) is 5.82. The van der Waals surface area contributed by atoms with E-state index in [0.717, 1.165) is 17.0 Å². The summed E-state index contributed by atoms with van der Waals surface area (Å²) in [6, 6.07) is 13.3. The molecule has 1 aromatic carbocycles. The Labute approximate surface area is 188 Å². The quantitative estimate of drug-likeness (QED) is 0.655. The molecule has 0 aliphatic carbocycles. The standard InChI is InChI=1S/C24H29N3O5/c1-30-21-7-4-5-18(11-21)16-32-22-13-26(12-20-6-2-3-9-25-20)23(28)15-27(14-22)24(29)19-8-10-31-17-19/h2-7,9,11,19,22H,8,10,12-17H2,1H3/t19-,22-/m0/s1. The zero-order chi connectivity index (χ0) is 22.3. The second-order valence-electron chi connectivity index (χ2n) is 8.16. The van der Waals surface area contributed by atoms with E-state index in [1.165, 1.54) is 0 Å². The molecular formula is C24H29N3O5. The van der Waals surface area contributed by atoms with Crippen LogP contribution in [0, 0.1) is 5.92 Å². The maximum Gasteiger partial charge on any atom is 0.242 e. The molecular weight excluding hydrogens is 410 g/mol. The summed E-state index contributed by atoms with van der Waals surface area (Å²) < 4.78 is 16.9. The second kappa shape index (κ2) is 10.6. The van der Waals surface area contributed by atoms with Gasteiger partial charge in [0.2, 0.25) is 11.8 Å². The fourth-order valence-electron chi connectivity index (χ4n) is 4.06. The molecule has 4 rings (SSSR count). The SMILES string of the molecule is COc1cccc(CO[C@H]2CN(Cc3ccccn3)C(=O)CN(C(=O)[C@H]3CCOC3)C2)c1. The molecule has 8 heteroatoms. The van der Waals surface area contributed by atoms with Crippen molar-refractivity contribution in [3.63, 3.8) is 0 Å². The number of ether oxygens (including phenoxy) is 3. The van der Waals surface area contributed by atoms with Gasteiger partial charge in [0.1, 0.15) is 5.75 Å². The van der Waals surface area contributed by atoms with Gasteiger partial charge in [0, 0.05) is 25.9 Å². The van der Waals surface area contributed by atoms with Crippen molar-refractivity contribution in [3.8, 4) is 5.75 Å². The van der Waals surface area contributed by atoms with Gasteiger partial charge in [-0.1, -0.05) is 18.2 Å². The van der Waals surface area contributed by atoms with Crippen LogP contribution < -0.4 is 4.74 Å². The van der Waals surface area contributed by atoms with Crippen LogP contribution >= 0.6 is 0 Å². The Morgan fingerprint density at radius 3 is 2.88 bits per heavy atom. The largest absolute Gasteiger partial charge is 0.497 e. The number of aromatic nitrogens is 1. The second-order valence-corrected chi connectivity index (χ2v) is 8.16. The predicted octanol–water partition coefficient (Wildman–Crippen LogP) is 1.88. The van der Waals surface area contributed by atoms with E-state index in [0.29, 0.717) is 45.9 Å². The van der Waals surface area contributed by atoms with Gasteiger partial charge in [-0.05, 0) is 36.2 Å². The van der Waals surface area contributed by atoms with E-state index < -0.39 is 0 Å². The summed E-state index contributed by atoms with van der Waals surface area (Å²) in [5, 5.41) is 0. The molecule has 2 atom stereocenters. The van der Waals surface area contributed by atoms with Crippen LogP contribution in [0.4, 0.5) is 0 Å². The minimum atomic E-state index is -0.317. The van der Waals surface area contributed by atoms with Gasteiger partial charge in [0.05, 0.1) is 51.1 Å². The number of amides is 2. The molecule has 8 nitrogen and oxygen atoms in total. The highest BCUT2D eigenvalue weighted by Gasteiger charge is 2.35. The highest BCUT2D eigenvalue weighted by molar-refractivity contribution is 5.86. The molecule has 0 unspecified atom stereocenters. The van der Waals surface area contributed by atoms with Gasteiger partial charge < -0.3 is 24.0 Å². The highest BCUT2D eigenvalue weighted by Crippen LogP contribution is 2.20. The molecule has 3 heterocycles. The molecule has 1 aromatic heterocycles. The minimum Gasteiger partial charge on any atom is -0.497 e. The van der Waals surface area contributed by atoms with Crippen LogP contribution in [0.2, 0.25) is 0 Å². The fourth-order valence-corrected chi connectivity index (χ4v) is 4.06. The van der Waals surface area contributed by atoms with Crippen LogP contribution in [-0.2, 0) is 32.2 Å². The molecule has 2 aliphatic heterocycles. The maximum absolute atomic E-state index is 13.1. The predicted molar refractivity (Wildman–Crippen MR) is 117 cm³/mol. The van der Waals surface area contributed by atoms with Gasteiger partial charge in [-0.25, -0.2) is 0 Å². The molecule has 0 N–H and O–H groups in total. The van der Waals surface area contributed by atoms with Crippen molar-refractivity contribution in [1.29, 1.82) is 0 Å². The fraction of sp³-hybridized carbons (Fsp3) is 0.458. The molecule has 2 aromatic rings. The zero-order valence-electron chi connectivity index (χ0n) is 18.3. The Kier molecular flexibility index (Phi) is 7.34. The van der Waals surface area contributed by atoms with Crippen LogP contribution in [0.25, 0.3) is 0 Å². The average Bonchev–Trinajstić information content (AvgIpc) is 3.31. The Morgan fingerprint density at radius 2 is 2.12 bits per heavy atom. The molecule has 2 aliphatic rings. The van der Waals surface area contributed by atoms with E-state index in [-0.39, 0.29) is 30.4 Å². The van der Waals surface area contributed by atoms with Gasteiger partial charge in [0.15, 0.2) is 0 Å². The topological polar surface area (TPSA) is 81.2 Å². The monoisotopic (exact) mass is 439 g/mol. The van der Waals surface area contributed by atoms with Gasteiger partial charge in [-0.15, -0.1) is 0 Å². The summed E-state index contributed by atoms with van der Waals surface area (Å²) in [7, 11) is 1.63. The summed E-state index contributed by atoms with van der Waals surface area (Å²) in [6.07, 6.45) is 2.09. The van der Waals surface area contributed by atoms with E-state index >= 15 is 0 Å². The van der Waals surface area contributed by atoms with Crippen molar-refractivity contribution in [3.05, 3.63) is 59.9 Å². The molecule has 2 saturated heterocycles. The van der Waals surface area contributed by atoms with Crippen molar-refractivity contribution in [1.82, 2.24) is 14.8 Å². The van der Waals surface area contributed by atoms with Crippen molar-refractivity contribution in [2.24, 2.45) is 5.92 Å². The Hall–Kier alpha value is -2.97. The van der Waals surface area contributed by atoms with Crippen LogP contribution in [-0.4, -0.2) is 72.7 Å². The van der Waals surface area contributed by atoms with Crippen molar-refractivity contribution < 1.29 is 23.8 Å². The number of rotatable bonds is 7. The molecule has 0 bridgehead atoms. The number of carbonyl (C=O) groups excluding carboxylic acids is 2. The Bertz CT molecular complexity index is 917. The number of hydrogen-bond acceptors (Lipinski definition) is 6. The van der Waals surface area contributed by atoms with Gasteiger partial charge in [-0.3, -0.25) is 14.6 Å². The van der Waals surface area contributed by atoms with Crippen molar-refractivity contribution in [2.75, 3.05) is 40.0 Å².